The molecule has 0 aromatic heterocycles. The molecule has 0 saturated carbocycles. The number of halogens is 1. The van der Waals surface area contributed by atoms with Gasteiger partial charge in [0.15, 0.2) is 0 Å². The summed E-state index contributed by atoms with van der Waals surface area (Å²) in [7, 11) is 0. The topological polar surface area (TPSA) is 75.7 Å². The largest absolute Gasteiger partial charge is 0.439 e. The van der Waals surface area contributed by atoms with Crippen LogP contribution in [0.25, 0.3) is 0 Å². The summed E-state index contributed by atoms with van der Waals surface area (Å²) in [6, 6.07) is 15.3. The van der Waals surface area contributed by atoms with Crippen LogP contribution >= 0.6 is 23.4 Å². The molecule has 2 fully saturated rings. The van der Waals surface area contributed by atoms with E-state index >= 15 is 0 Å². The number of ether oxygens (including phenoxy) is 1. The van der Waals surface area contributed by atoms with Gasteiger partial charge in [-0.1, -0.05) is 59.8 Å². The maximum atomic E-state index is 12.4. The lowest BCUT2D eigenvalue weighted by Gasteiger charge is -2.22. The van der Waals surface area contributed by atoms with E-state index < -0.39 is 0 Å². The molecule has 8 heteroatoms. The number of amides is 3. The van der Waals surface area contributed by atoms with Crippen molar-refractivity contribution < 1.29 is 19.1 Å². The van der Waals surface area contributed by atoms with Crippen molar-refractivity contribution in [3.05, 3.63) is 70.2 Å². The number of nitrogens with one attached hydrogen (secondary N) is 1. The highest BCUT2D eigenvalue weighted by atomic mass is 35.5. The maximum Gasteiger partial charge on any atom is 0.410 e. The summed E-state index contributed by atoms with van der Waals surface area (Å²) in [6.07, 6.45) is 0.559. The standard InChI is InChI=1S/C22H21ClN2O4S/c1-13(25-12-18(29-22(25)28)16-3-2-4-17(23)11-16)9-14-5-7-15(8-6-14)10-19-20(26)24-21(27)30-19/h2-8,11,13,18-19H,9-10,12H2,1H3,(H,24,26,27). The molecule has 2 aliphatic heterocycles. The Bertz CT molecular complexity index is 981. The van der Waals surface area contributed by atoms with Gasteiger partial charge in [-0.25, -0.2) is 4.79 Å². The Kier molecular flexibility index (Phi) is 6.01. The first-order chi connectivity index (χ1) is 14.4. The van der Waals surface area contributed by atoms with Gasteiger partial charge in [0.05, 0.1) is 11.8 Å². The molecule has 2 saturated heterocycles. The predicted molar refractivity (Wildman–Crippen MR) is 116 cm³/mol. The fraction of sp³-hybridized carbons (Fsp3) is 0.318. The summed E-state index contributed by atoms with van der Waals surface area (Å²) in [5.74, 6) is -0.232. The van der Waals surface area contributed by atoms with Crippen molar-refractivity contribution >= 4 is 40.6 Å². The molecular formula is C22H21ClN2O4S. The molecule has 2 heterocycles. The summed E-state index contributed by atoms with van der Waals surface area (Å²) < 4.78 is 5.55. The quantitative estimate of drug-likeness (QED) is 0.716. The van der Waals surface area contributed by atoms with E-state index in [2.05, 4.69) is 5.32 Å². The first-order valence-corrected chi connectivity index (χ1v) is 11.0. The minimum absolute atomic E-state index is 0.0266. The van der Waals surface area contributed by atoms with Crippen molar-refractivity contribution in [2.75, 3.05) is 6.54 Å². The smallest absolute Gasteiger partial charge is 0.410 e. The number of carbonyl (C=O) groups is 3. The van der Waals surface area contributed by atoms with E-state index in [4.69, 9.17) is 16.3 Å². The zero-order valence-corrected chi connectivity index (χ0v) is 17.9. The second kappa shape index (κ2) is 8.70. The second-order valence-electron chi connectivity index (χ2n) is 7.54. The number of hydrogen-bond donors (Lipinski definition) is 1. The average molecular weight is 445 g/mol. The first kappa shape index (κ1) is 20.8. The van der Waals surface area contributed by atoms with Crippen molar-refractivity contribution in [1.29, 1.82) is 0 Å². The number of imide groups is 1. The number of carbonyl (C=O) groups excluding carboxylic acids is 3. The van der Waals surface area contributed by atoms with Crippen molar-refractivity contribution in [1.82, 2.24) is 10.2 Å². The minimum atomic E-state index is -0.370. The normalized spacial score (nSPS) is 22.2. The molecular weight excluding hydrogens is 424 g/mol. The van der Waals surface area contributed by atoms with Crippen LogP contribution in [0.1, 0.15) is 29.7 Å². The maximum absolute atomic E-state index is 12.4. The van der Waals surface area contributed by atoms with Crippen molar-refractivity contribution in [3.63, 3.8) is 0 Å². The Morgan fingerprint density at radius 1 is 1.17 bits per heavy atom. The van der Waals surface area contributed by atoms with Gasteiger partial charge in [-0.2, -0.15) is 0 Å². The summed E-state index contributed by atoms with van der Waals surface area (Å²) in [6.45, 7) is 2.49. The molecule has 0 radical (unpaired) electrons. The highest BCUT2D eigenvalue weighted by molar-refractivity contribution is 8.15. The molecule has 156 valence electrons. The molecule has 3 unspecified atom stereocenters. The second-order valence-corrected chi connectivity index (χ2v) is 9.15. The average Bonchev–Trinajstić information content (AvgIpc) is 3.25. The Labute approximate surface area is 183 Å². The number of nitrogens with zero attached hydrogens (tertiary/aromatic N) is 1. The van der Waals surface area contributed by atoms with E-state index in [0.29, 0.717) is 24.4 Å². The van der Waals surface area contributed by atoms with E-state index in [1.165, 1.54) is 0 Å². The summed E-state index contributed by atoms with van der Waals surface area (Å²) in [5, 5.41) is 2.27. The van der Waals surface area contributed by atoms with Gasteiger partial charge >= 0.3 is 6.09 Å². The van der Waals surface area contributed by atoms with Crippen LogP contribution in [0.3, 0.4) is 0 Å². The van der Waals surface area contributed by atoms with Crippen LogP contribution in [0.5, 0.6) is 0 Å². The number of thioether (sulfide) groups is 1. The Morgan fingerprint density at radius 3 is 2.57 bits per heavy atom. The SMILES string of the molecule is CC(Cc1ccc(CC2SC(=O)NC2=O)cc1)N1CC(c2cccc(Cl)c2)OC1=O. The number of hydrogen-bond acceptors (Lipinski definition) is 5. The van der Waals surface area contributed by atoms with Crippen LogP contribution in [0.4, 0.5) is 9.59 Å². The highest BCUT2D eigenvalue weighted by Gasteiger charge is 2.35. The highest BCUT2D eigenvalue weighted by Crippen LogP contribution is 2.30. The predicted octanol–water partition coefficient (Wildman–Crippen LogP) is 4.36. The van der Waals surface area contributed by atoms with E-state index in [-0.39, 0.29) is 34.6 Å². The van der Waals surface area contributed by atoms with Gasteiger partial charge in [-0.15, -0.1) is 0 Å². The Balaban J connectivity index is 1.35. The van der Waals surface area contributed by atoms with Crippen LogP contribution in [-0.2, 0) is 22.4 Å². The molecule has 30 heavy (non-hydrogen) atoms. The number of rotatable bonds is 6. The van der Waals surface area contributed by atoms with E-state index in [1.807, 2.05) is 49.4 Å². The first-order valence-electron chi connectivity index (χ1n) is 9.71. The van der Waals surface area contributed by atoms with Crippen molar-refractivity contribution in [2.24, 2.45) is 0 Å². The molecule has 2 aromatic carbocycles. The van der Waals surface area contributed by atoms with Crippen molar-refractivity contribution in [2.45, 2.75) is 37.2 Å². The van der Waals surface area contributed by atoms with Crippen LogP contribution in [0, 0.1) is 0 Å². The third kappa shape index (κ3) is 4.63. The molecule has 2 aliphatic rings. The minimum Gasteiger partial charge on any atom is -0.439 e. The van der Waals surface area contributed by atoms with E-state index in [9.17, 15) is 14.4 Å². The van der Waals surface area contributed by atoms with Gasteiger partial charge in [-0.3, -0.25) is 14.9 Å². The molecule has 4 rings (SSSR count). The van der Waals surface area contributed by atoms with Gasteiger partial charge in [0.1, 0.15) is 6.10 Å². The number of benzene rings is 2. The van der Waals surface area contributed by atoms with E-state index in [1.54, 1.807) is 11.0 Å². The lowest BCUT2D eigenvalue weighted by atomic mass is 10.0. The lowest BCUT2D eigenvalue weighted by molar-refractivity contribution is -0.118. The third-order valence-electron chi connectivity index (χ3n) is 5.33. The van der Waals surface area contributed by atoms with Gasteiger partial charge < -0.3 is 9.64 Å². The molecule has 0 aliphatic carbocycles. The molecule has 6 nitrogen and oxygen atoms in total. The van der Waals surface area contributed by atoms with Gasteiger partial charge in [-0.05, 0) is 48.6 Å². The molecule has 0 bridgehead atoms. The molecule has 3 atom stereocenters. The van der Waals surface area contributed by atoms with Crippen LogP contribution in [0.2, 0.25) is 5.02 Å². The molecule has 3 amide bonds. The van der Waals surface area contributed by atoms with Gasteiger partial charge in [0, 0.05) is 11.1 Å². The fourth-order valence-electron chi connectivity index (χ4n) is 3.72. The number of cyclic esters (lactones) is 1. The van der Waals surface area contributed by atoms with Crippen LogP contribution in [0.15, 0.2) is 48.5 Å². The zero-order valence-electron chi connectivity index (χ0n) is 16.3. The van der Waals surface area contributed by atoms with Crippen LogP contribution < -0.4 is 5.32 Å². The van der Waals surface area contributed by atoms with Crippen LogP contribution in [-0.4, -0.2) is 40.0 Å². The third-order valence-corrected chi connectivity index (χ3v) is 6.55. The molecule has 0 spiro atoms. The van der Waals surface area contributed by atoms with E-state index in [0.717, 1.165) is 28.5 Å². The van der Waals surface area contributed by atoms with Crippen molar-refractivity contribution in [3.8, 4) is 0 Å². The Hall–Kier alpha value is -2.51. The Morgan fingerprint density at radius 2 is 1.90 bits per heavy atom. The summed E-state index contributed by atoms with van der Waals surface area (Å²) in [5.41, 5.74) is 2.97. The van der Waals surface area contributed by atoms with Gasteiger partial charge in [0.25, 0.3) is 5.24 Å². The monoisotopic (exact) mass is 444 g/mol. The lowest BCUT2D eigenvalue weighted by Crippen LogP contribution is -2.35. The molecule has 2 aromatic rings. The fourth-order valence-corrected chi connectivity index (χ4v) is 4.78. The van der Waals surface area contributed by atoms with Gasteiger partial charge in [0.2, 0.25) is 5.91 Å². The summed E-state index contributed by atoms with van der Waals surface area (Å²) >= 11 is 7.09. The summed E-state index contributed by atoms with van der Waals surface area (Å²) in [4.78, 5) is 37.1. The molecule has 1 N–H and O–H groups in total. The zero-order chi connectivity index (χ0) is 21.3.